The van der Waals surface area contributed by atoms with Crippen LogP contribution in [0.25, 0.3) is 22.2 Å². The van der Waals surface area contributed by atoms with Crippen LogP contribution in [0, 0.1) is 20.8 Å². The monoisotopic (exact) mass is 444 g/mol. The number of carbonyl (C=O) groups excluding carboxylic acids is 1. The van der Waals surface area contributed by atoms with Crippen LogP contribution in [0.4, 0.5) is 5.69 Å². The van der Waals surface area contributed by atoms with Crippen LogP contribution in [0.1, 0.15) is 27.0 Å². The second kappa shape index (κ2) is 7.80. The first kappa shape index (κ1) is 19.3. The molecule has 0 bridgehead atoms. The molecular formula is C25H21BrN2O. The maximum atomic E-state index is 13.2. The molecule has 0 saturated heterocycles. The zero-order valence-electron chi connectivity index (χ0n) is 16.6. The Morgan fingerprint density at radius 2 is 1.52 bits per heavy atom. The molecule has 0 fully saturated rings. The first-order valence-corrected chi connectivity index (χ1v) is 10.3. The molecule has 1 heterocycles. The van der Waals surface area contributed by atoms with Crippen LogP contribution < -0.4 is 5.32 Å². The summed E-state index contributed by atoms with van der Waals surface area (Å²) in [6.07, 6.45) is 0. The highest BCUT2D eigenvalue weighted by Gasteiger charge is 2.15. The third kappa shape index (κ3) is 4.22. The van der Waals surface area contributed by atoms with Crippen LogP contribution in [-0.4, -0.2) is 10.9 Å². The third-order valence-corrected chi connectivity index (χ3v) is 5.34. The van der Waals surface area contributed by atoms with Crippen LogP contribution in [0.15, 0.2) is 71.2 Å². The second-order valence-corrected chi connectivity index (χ2v) is 8.33. The van der Waals surface area contributed by atoms with Crippen LogP contribution in [0.3, 0.4) is 0 Å². The number of aromatic nitrogens is 1. The van der Waals surface area contributed by atoms with Crippen molar-refractivity contribution in [3.63, 3.8) is 0 Å². The van der Waals surface area contributed by atoms with E-state index in [1.54, 1.807) is 0 Å². The summed E-state index contributed by atoms with van der Waals surface area (Å²) < 4.78 is 0.912. The molecule has 0 saturated carbocycles. The standard InChI is InChI=1S/C25H21BrN2O/c1-15-4-6-18(7-5-15)24-14-22(21-13-19(26)8-9-23(21)28-24)25(29)27-20-11-16(2)10-17(3)12-20/h4-14H,1-3H3,(H,27,29). The van der Waals surface area contributed by atoms with Gasteiger partial charge in [-0.3, -0.25) is 4.79 Å². The molecule has 3 aromatic carbocycles. The predicted molar refractivity (Wildman–Crippen MR) is 123 cm³/mol. The number of aryl methyl sites for hydroxylation is 3. The van der Waals surface area contributed by atoms with Crippen molar-refractivity contribution in [3.8, 4) is 11.3 Å². The SMILES string of the molecule is Cc1ccc(-c2cc(C(=O)Nc3cc(C)cc(C)c3)c3cc(Br)ccc3n2)cc1. The smallest absolute Gasteiger partial charge is 0.256 e. The summed E-state index contributed by atoms with van der Waals surface area (Å²) in [5.74, 6) is -0.145. The molecule has 4 aromatic rings. The minimum Gasteiger partial charge on any atom is -0.322 e. The molecule has 0 aliphatic carbocycles. The molecule has 144 valence electrons. The van der Waals surface area contributed by atoms with E-state index in [1.807, 2.05) is 62.4 Å². The number of nitrogens with one attached hydrogen (secondary N) is 1. The Labute approximate surface area is 178 Å². The Balaban J connectivity index is 1.83. The topological polar surface area (TPSA) is 42.0 Å². The zero-order chi connectivity index (χ0) is 20.5. The lowest BCUT2D eigenvalue weighted by atomic mass is 10.0. The van der Waals surface area contributed by atoms with Gasteiger partial charge in [-0.25, -0.2) is 4.98 Å². The van der Waals surface area contributed by atoms with Crippen LogP contribution in [0.2, 0.25) is 0 Å². The average Bonchev–Trinajstić information content (AvgIpc) is 2.67. The first-order valence-electron chi connectivity index (χ1n) is 9.46. The highest BCUT2D eigenvalue weighted by Crippen LogP contribution is 2.28. The van der Waals surface area contributed by atoms with Crippen molar-refractivity contribution in [1.29, 1.82) is 0 Å². The summed E-state index contributed by atoms with van der Waals surface area (Å²) in [5.41, 5.74) is 7.37. The number of amides is 1. The molecule has 1 aromatic heterocycles. The Hall–Kier alpha value is -2.98. The van der Waals surface area contributed by atoms with Gasteiger partial charge < -0.3 is 5.32 Å². The average molecular weight is 445 g/mol. The van der Waals surface area contributed by atoms with E-state index in [0.29, 0.717) is 5.56 Å². The highest BCUT2D eigenvalue weighted by molar-refractivity contribution is 9.10. The maximum absolute atomic E-state index is 13.2. The van der Waals surface area contributed by atoms with Crippen molar-refractivity contribution in [1.82, 2.24) is 4.98 Å². The van der Waals surface area contributed by atoms with Crippen molar-refractivity contribution in [2.75, 3.05) is 5.32 Å². The molecule has 0 aliphatic heterocycles. The Bertz CT molecular complexity index is 1210. The summed E-state index contributed by atoms with van der Waals surface area (Å²) in [4.78, 5) is 18.0. The molecule has 29 heavy (non-hydrogen) atoms. The van der Waals surface area contributed by atoms with Crippen molar-refractivity contribution in [3.05, 3.63) is 93.5 Å². The Morgan fingerprint density at radius 3 is 2.21 bits per heavy atom. The molecule has 0 unspecified atom stereocenters. The quantitative estimate of drug-likeness (QED) is 0.375. The van der Waals surface area contributed by atoms with Gasteiger partial charge in [0, 0.05) is 21.1 Å². The number of halogens is 1. The van der Waals surface area contributed by atoms with Crippen molar-refractivity contribution in [2.45, 2.75) is 20.8 Å². The van der Waals surface area contributed by atoms with Gasteiger partial charge in [-0.05, 0) is 68.3 Å². The van der Waals surface area contributed by atoms with Gasteiger partial charge in [0.2, 0.25) is 0 Å². The molecule has 0 spiro atoms. The van der Waals surface area contributed by atoms with Gasteiger partial charge in [-0.15, -0.1) is 0 Å². The summed E-state index contributed by atoms with van der Waals surface area (Å²) in [5, 5.41) is 3.87. The molecule has 1 amide bonds. The molecule has 4 heteroatoms. The fourth-order valence-corrected chi connectivity index (χ4v) is 3.86. The highest BCUT2D eigenvalue weighted by atomic mass is 79.9. The fourth-order valence-electron chi connectivity index (χ4n) is 3.50. The summed E-state index contributed by atoms with van der Waals surface area (Å²) >= 11 is 3.51. The van der Waals surface area contributed by atoms with Crippen LogP contribution in [-0.2, 0) is 0 Å². The predicted octanol–water partition coefficient (Wildman–Crippen LogP) is 6.84. The van der Waals surface area contributed by atoms with Crippen LogP contribution in [0.5, 0.6) is 0 Å². The minimum absolute atomic E-state index is 0.145. The first-order chi connectivity index (χ1) is 13.9. The Kier molecular flexibility index (Phi) is 5.20. The largest absolute Gasteiger partial charge is 0.322 e. The van der Waals surface area contributed by atoms with Gasteiger partial charge in [-0.2, -0.15) is 0 Å². The van der Waals surface area contributed by atoms with E-state index < -0.39 is 0 Å². The number of hydrogen-bond acceptors (Lipinski definition) is 2. The molecule has 0 radical (unpaired) electrons. The number of benzene rings is 3. The number of pyridine rings is 1. The van der Waals surface area contributed by atoms with E-state index in [1.165, 1.54) is 5.56 Å². The van der Waals surface area contributed by atoms with Crippen LogP contribution >= 0.6 is 15.9 Å². The number of hydrogen-bond donors (Lipinski definition) is 1. The number of rotatable bonds is 3. The minimum atomic E-state index is -0.145. The number of carbonyl (C=O) groups is 1. The van der Waals surface area contributed by atoms with Crippen molar-refractivity contribution < 1.29 is 4.79 Å². The normalized spacial score (nSPS) is 10.9. The summed E-state index contributed by atoms with van der Waals surface area (Å²) in [6, 6.07) is 21.9. The molecular weight excluding hydrogens is 424 g/mol. The Morgan fingerprint density at radius 1 is 0.828 bits per heavy atom. The third-order valence-electron chi connectivity index (χ3n) is 4.84. The lowest BCUT2D eigenvalue weighted by Crippen LogP contribution is -2.13. The number of nitrogens with zero attached hydrogens (tertiary/aromatic N) is 1. The molecule has 0 atom stereocenters. The maximum Gasteiger partial charge on any atom is 0.256 e. The lowest BCUT2D eigenvalue weighted by Gasteiger charge is -2.12. The number of fused-ring (bicyclic) bond motifs is 1. The molecule has 0 aliphatic rings. The van der Waals surface area contributed by atoms with E-state index in [0.717, 1.165) is 43.4 Å². The summed E-state index contributed by atoms with van der Waals surface area (Å²) in [6.45, 7) is 6.10. The molecule has 4 rings (SSSR count). The van der Waals surface area contributed by atoms with E-state index >= 15 is 0 Å². The number of anilines is 1. The molecule has 1 N–H and O–H groups in total. The lowest BCUT2D eigenvalue weighted by molar-refractivity contribution is 0.102. The van der Waals surface area contributed by atoms with E-state index in [-0.39, 0.29) is 5.91 Å². The van der Waals surface area contributed by atoms with E-state index in [2.05, 4.69) is 46.4 Å². The van der Waals surface area contributed by atoms with Crippen molar-refractivity contribution >= 4 is 38.4 Å². The van der Waals surface area contributed by atoms with Gasteiger partial charge in [0.05, 0.1) is 16.8 Å². The van der Waals surface area contributed by atoms with Gasteiger partial charge in [0.15, 0.2) is 0 Å². The van der Waals surface area contributed by atoms with Crippen molar-refractivity contribution in [2.24, 2.45) is 0 Å². The van der Waals surface area contributed by atoms with Gasteiger partial charge in [-0.1, -0.05) is 51.8 Å². The van der Waals surface area contributed by atoms with E-state index in [4.69, 9.17) is 4.98 Å². The summed E-state index contributed by atoms with van der Waals surface area (Å²) in [7, 11) is 0. The van der Waals surface area contributed by atoms with Gasteiger partial charge in [0.1, 0.15) is 0 Å². The zero-order valence-corrected chi connectivity index (χ0v) is 18.2. The fraction of sp³-hybridized carbons (Fsp3) is 0.120. The van der Waals surface area contributed by atoms with Gasteiger partial charge in [0.25, 0.3) is 5.91 Å². The van der Waals surface area contributed by atoms with E-state index in [9.17, 15) is 4.79 Å². The molecule has 3 nitrogen and oxygen atoms in total. The van der Waals surface area contributed by atoms with Gasteiger partial charge >= 0.3 is 0 Å². The second-order valence-electron chi connectivity index (χ2n) is 7.41.